The number of aryl methyl sites for hydroxylation is 1. The molecule has 1 aliphatic heterocycles. The third kappa shape index (κ3) is 3.06. The van der Waals surface area contributed by atoms with Crippen LogP contribution in [0.15, 0.2) is 24.3 Å². The first kappa shape index (κ1) is 13.4. The van der Waals surface area contributed by atoms with Crippen LogP contribution in [0.4, 0.5) is 0 Å². The molecule has 1 aromatic rings. The summed E-state index contributed by atoms with van der Waals surface area (Å²) in [6.45, 7) is 6.78. The van der Waals surface area contributed by atoms with Crippen LogP contribution in [-0.2, 0) is 4.79 Å². The maximum atomic E-state index is 11.9. The number of likely N-dealkylation sites (N-methyl/N-ethyl adjacent to an activating group) is 1. The van der Waals surface area contributed by atoms with Crippen molar-refractivity contribution in [1.82, 2.24) is 10.2 Å². The van der Waals surface area contributed by atoms with Crippen LogP contribution in [-0.4, -0.2) is 36.2 Å². The molecule has 0 aliphatic carbocycles. The van der Waals surface area contributed by atoms with E-state index in [0.29, 0.717) is 5.75 Å². The summed E-state index contributed by atoms with van der Waals surface area (Å²) in [5.41, 5.74) is 2.49. The summed E-state index contributed by atoms with van der Waals surface area (Å²) in [5.74, 6) is 0.856. The second-order valence-corrected chi connectivity index (χ2v) is 5.59. The Morgan fingerprint density at radius 1 is 1.50 bits per heavy atom. The van der Waals surface area contributed by atoms with Crippen LogP contribution in [0.1, 0.15) is 23.4 Å². The van der Waals surface area contributed by atoms with Gasteiger partial charge in [-0.3, -0.25) is 4.79 Å². The number of thioether (sulfide) groups is 1. The lowest BCUT2D eigenvalue weighted by Crippen LogP contribution is -2.35. The van der Waals surface area contributed by atoms with E-state index in [9.17, 15) is 4.79 Å². The third-order valence-electron chi connectivity index (χ3n) is 3.07. The van der Waals surface area contributed by atoms with Crippen LogP contribution in [0, 0.1) is 6.92 Å². The molecule has 2 rings (SSSR count). The van der Waals surface area contributed by atoms with Gasteiger partial charge >= 0.3 is 0 Å². The van der Waals surface area contributed by atoms with Crippen LogP contribution < -0.4 is 5.32 Å². The molecule has 3 nitrogen and oxygen atoms in total. The molecule has 1 saturated heterocycles. The molecule has 0 aromatic heterocycles. The fourth-order valence-corrected chi connectivity index (χ4v) is 3.38. The number of nitrogens with zero attached hydrogens (tertiary/aromatic N) is 1. The SMILES string of the molecule is CCNCCN1C(=O)CS[C@H]1c1cccc(C)c1. The van der Waals surface area contributed by atoms with Crippen LogP contribution in [0.25, 0.3) is 0 Å². The van der Waals surface area contributed by atoms with Crippen molar-refractivity contribution in [3.05, 3.63) is 35.4 Å². The molecule has 1 heterocycles. The molecule has 1 aliphatic rings. The molecule has 98 valence electrons. The lowest BCUT2D eigenvalue weighted by molar-refractivity contribution is -0.128. The van der Waals surface area contributed by atoms with Crippen molar-refractivity contribution in [2.45, 2.75) is 19.2 Å². The third-order valence-corrected chi connectivity index (χ3v) is 4.33. The van der Waals surface area contributed by atoms with Gasteiger partial charge in [-0.05, 0) is 19.0 Å². The van der Waals surface area contributed by atoms with Gasteiger partial charge in [0.05, 0.1) is 5.75 Å². The van der Waals surface area contributed by atoms with Crippen molar-refractivity contribution in [2.24, 2.45) is 0 Å². The molecule has 0 bridgehead atoms. The largest absolute Gasteiger partial charge is 0.325 e. The first-order valence-corrected chi connectivity index (χ1v) is 7.45. The van der Waals surface area contributed by atoms with Gasteiger partial charge < -0.3 is 10.2 Å². The molecule has 0 spiro atoms. The molecule has 1 fully saturated rings. The predicted molar refractivity (Wildman–Crippen MR) is 76.6 cm³/mol. The van der Waals surface area contributed by atoms with E-state index in [1.807, 2.05) is 4.90 Å². The number of hydrogen-bond acceptors (Lipinski definition) is 3. The summed E-state index contributed by atoms with van der Waals surface area (Å²) in [7, 11) is 0. The van der Waals surface area contributed by atoms with Gasteiger partial charge in [-0.1, -0.05) is 36.8 Å². The minimum atomic E-state index is 0.191. The average Bonchev–Trinajstić information content (AvgIpc) is 2.72. The molecular formula is C14H20N2OS. The molecule has 1 aromatic carbocycles. The van der Waals surface area contributed by atoms with Crippen LogP contribution in [0.3, 0.4) is 0 Å². The average molecular weight is 264 g/mol. The highest BCUT2D eigenvalue weighted by Gasteiger charge is 2.32. The van der Waals surface area contributed by atoms with Gasteiger partial charge in [0, 0.05) is 13.1 Å². The summed E-state index contributed by atoms with van der Waals surface area (Å²) in [5, 5.41) is 3.47. The zero-order chi connectivity index (χ0) is 13.0. The fraction of sp³-hybridized carbons (Fsp3) is 0.500. The Balaban J connectivity index is 2.08. The number of rotatable bonds is 5. The summed E-state index contributed by atoms with van der Waals surface area (Å²) >= 11 is 1.73. The van der Waals surface area contributed by atoms with E-state index in [-0.39, 0.29) is 11.3 Å². The fourth-order valence-electron chi connectivity index (χ4n) is 2.17. The second-order valence-electron chi connectivity index (χ2n) is 4.52. The van der Waals surface area contributed by atoms with Crippen molar-refractivity contribution in [3.8, 4) is 0 Å². The number of hydrogen-bond donors (Lipinski definition) is 1. The van der Waals surface area contributed by atoms with Gasteiger partial charge in [0.1, 0.15) is 5.37 Å². The van der Waals surface area contributed by atoms with Crippen molar-refractivity contribution < 1.29 is 4.79 Å². The molecular weight excluding hydrogens is 244 g/mol. The monoisotopic (exact) mass is 264 g/mol. The lowest BCUT2D eigenvalue weighted by Gasteiger charge is -2.24. The standard InChI is InChI=1S/C14H20N2OS/c1-3-15-7-8-16-13(17)10-18-14(16)12-6-4-5-11(2)9-12/h4-6,9,14-15H,3,7-8,10H2,1-2H3/t14-/m0/s1. The van der Waals surface area contributed by atoms with Crippen LogP contribution in [0.2, 0.25) is 0 Å². The van der Waals surface area contributed by atoms with E-state index in [4.69, 9.17) is 0 Å². The number of carbonyl (C=O) groups excluding carboxylic acids is 1. The highest BCUT2D eigenvalue weighted by molar-refractivity contribution is 8.00. The Morgan fingerprint density at radius 3 is 3.06 bits per heavy atom. The Kier molecular flexibility index (Phi) is 4.66. The summed E-state index contributed by atoms with van der Waals surface area (Å²) < 4.78 is 0. The van der Waals surface area contributed by atoms with Gasteiger partial charge in [-0.2, -0.15) is 0 Å². The minimum Gasteiger partial charge on any atom is -0.325 e. The zero-order valence-corrected chi connectivity index (χ0v) is 11.8. The lowest BCUT2D eigenvalue weighted by atomic mass is 10.1. The zero-order valence-electron chi connectivity index (χ0n) is 11.0. The summed E-state index contributed by atoms with van der Waals surface area (Å²) in [4.78, 5) is 13.9. The maximum absolute atomic E-state index is 11.9. The molecule has 0 unspecified atom stereocenters. The van der Waals surface area contributed by atoms with Crippen molar-refractivity contribution in [2.75, 3.05) is 25.4 Å². The molecule has 1 atom stereocenters. The first-order chi connectivity index (χ1) is 8.72. The summed E-state index contributed by atoms with van der Waals surface area (Å²) in [6.07, 6.45) is 0. The van der Waals surface area contributed by atoms with Crippen LogP contribution >= 0.6 is 11.8 Å². The maximum Gasteiger partial charge on any atom is 0.233 e. The van der Waals surface area contributed by atoms with Gasteiger partial charge in [-0.15, -0.1) is 11.8 Å². The Morgan fingerprint density at radius 2 is 2.33 bits per heavy atom. The number of carbonyl (C=O) groups is 1. The van der Waals surface area contributed by atoms with E-state index in [2.05, 4.69) is 43.4 Å². The Labute approximate surface area is 113 Å². The van der Waals surface area contributed by atoms with Crippen molar-refractivity contribution in [3.63, 3.8) is 0 Å². The molecule has 1 amide bonds. The molecule has 1 N–H and O–H groups in total. The normalized spacial score (nSPS) is 19.6. The van der Waals surface area contributed by atoms with E-state index >= 15 is 0 Å². The van der Waals surface area contributed by atoms with Gasteiger partial charge in [0.25, 0.3) is 0 Å². The Hall–Kier alpha value is -1.00. The van der Waals surface area contributed by atoms with Crippen molar-refractivity contribution >= 4 is 17.7 Å². The molecule has 0 radical (unpaired) electrons. The number of amides is 1. The van der Waals surface area contributed by atoms with Gasteiger partial charge in [0.2, 0.25) is 5.91 Å². The molecule has 0 saturated carbocycles. The second kappa shape index (κ2) is 6.25. The highest BCUT2D eigenvalue weighted by Crippen LogP contribution is 2.38. The molecule has 18 heavy (non-hydrogen) atoms. The minimum absolute atomic E-state index is 0.191. The van der Waals surface area contributed by atoms with Gasteiger partial charge in [0.15, 0.2) is 0 Å². The predicted octanol–water partition coefficient (Wildman–Crippen LogP) is 2.18. The van der Waals surface area contributed by atoms with E-state index in [0.717, 1.165) is 19.6 Å². The van der Waals surface area contributed by atoms with E-state index < -0.39 is 0 Å². The number of nitrogens with one attached hydrogen (secondary N) is 1. The van der Waals surface area contributed by atoms with Crippen LogP contribution in [0.5, 0.6) is 0 Å². The molecule has 4 heteroatoms. The number of benzene rings is 1. The highest BCUT2D eigenvalue weighted by atomic mass is 32.2. The first-order valence-electron chi connectivity index (χ1n) is 6.40. The van der Waals surface area contributed by atoms with E-state index in [1.54, 1.807) is 11.8 Å². The topological polar surface area (TPSA) is 32.3 Å². The Bertz CT molecular complexity index is 422. The smallest absolute Gasteiger partial charge is 0.233 e. The quantitative estimate of drug-likeness (QED) is 0.827. The van der Waals surface area contributed by atoms with Crippen molar-refractivity contribution in [1.29, 1.82) is 0 Å². The summed E-state index contributed by atoms with van der Waals surface area (Å²) in [6, 6.07) is 8.45. The van der Waals surface area contributed by atoms with Gasteiger partial charge in [-0.25, -0.2) is 0 Å². The van der Waals surface area contributed by atoms with E-state index in [1.165, 1.54) is 11.1 Å².